The molecule has 0 fully saturated rings. The van der Waals surface area contributed by atoms with Crippen molar-refractivity contribution in [2.75, 3.05) is 0 Å². The van der Waals surface area contributed by atoms with Crippen molar-refractivity contribution in [3.8, 4) is 11.1 Å². The SMILES string of the molecule is CCc1ccc(-c2ccccc2C(=N)N)cc1. The summed E-state index contributed by atoms with van der Waals surface area (Å²) in [5.41, 5.74) is 9.81. The molecule has 0 unspecified atom stereocenters. The summed E-state index contributed by atoms with van der Waals surface area (Å²) in [7, 11) is 0. The number of rotatable bonds is 3. The summed E-state index contributed by atoms with van der Waals surface area (Å²) in [6, 6.07) is 16.2. The molecule has 0 atom stereocenters. The van der Waals surface area contributed by atoms with Crippen LogP contribution in [0, 0.1) is 5.41 Å². The van der Waals surface area contributed by atoms with E-state index < -0.39 is 0 Å². The lowest BCUT2D eigenvalue weighted by atomic mass is 9.98. The third-order valence-corrected chi connectivity index (χ3v) is 2.89. The summed E-state index contributed by atoms with van der Waals surface area (Å²) < 4.78 is 0. The molecule has 86 valence electrons. The van der Waals surface area contributed by atoms with Gasteiger partial charge in [0, 0.05) is 5.56 Å². The normalized spacial score (nSPS) is 10.2. The average Bonchev–Trinajstić information content (AvgIpc) is 2.39. The van der Waals surface area contributed by atoms with E-state index in [4.69, 9.17) is 11.1 Å². The molecule has 0 amide bonds. The third kappa shape index (κ3) is 2.36. The summed E-state index contributed by atoms with van der Waals surface area (Å²) in [6.45, 7) is 2.14. The van der Waals surface area contributed by atoms with Gasteiger partial charge in [-0.1, -0.05) is 55.5 Å². The van der Waals surface area contributed by atoms with Crippen LogP contribution >= 0.6 is 0 Å². The number of hydrogen-bond donors (Lipinski definition) is 2. The van der Waals surface area contributed by atoms with Crippen LogP contribution in [0.2, 0.25) is 0 Å². The molecule has 2 aromatic carbocycles. The average molecular weight is 224 g/mol. The highest BCUT2D eigenvalue weighted by molar-refractivity contribution is 6.01. The Morgan fingerprint density at radius 1 is 1.06 bits per heavy atom. The molecule has 0 aliphatic heterocycles. The van der Waals surface area contributed by atoms with Crippen LogP contribution in [0.3, 0.4) is 0 Å². The second kappa shape index (κ2) is 4.83. The highest BCUT2D eigenvalue weighted by Gasteiger charge is 2.06. The standard InChI is InChI=1S/C15H16N2/c1-2-11-7-9-12(10-8-11)13-5-3-4-6-14(13)15(16)17/h3-10H,2H2,1H3,(H3,16,17). The van der Waals surface area contributed by atoms with Crippen molar-refractivity contribution in [2.45, 2.75) is 13.3 Å². The fourth-order valence-electron chi connectivity index (χ4n) is 1.89. The minimum absolute atomic E-state index is 0.111. The predicted molar refractivity (Wildman–Crippen MR) is 72.3 cm³/mol. The number of aryl methyl sites for hydroxylation is 1. The molecule has 2 heteroatoms. The van der Waals surface area contributed by atoms with Gasteiger partial charge in [0.15, 0.2) is 0 Å². The fourth-order valence-corrected chi connectivity index (χ4v) is 1.89. The first-order chi connectivity index (χ1) is 8.22. The summed E-state index contributed by atoms with van der Waals surface area (Å²) in [6.07, 6.45) is 1.04. The lowest BCUT2D eigenvalue weighted by Crippen LogP contribution is -2.12. The van der Waals surface area contributed by atoms with Crippen LogP contribution in [0.1, 0.15) is 18.1 Å². The van der Waals surface area contributed by atoms with Gasteiger partial charge in [-0.2, -0.15) is 0 Å². The van der Waals surface area contributed by atoms with Crippen molar-refractivity contribution in [1.29, 1.82) is 5.41 Å². The number of nitrogen functional groups attached to an aromatic ring is 1. The van der Waals surface area contributed by atoms with E-state index >= 15 is 0 Å². The fraction of sp³-hybridized carbons (Fsp3) is 0.133. The van der Waals surface area contributed by atoms with Gasteiger partial charge < -0.3 is 5.73 Å². The van der Waals surface area contributed by atoms with E-state index in [1.807, 2.05) is 24.3 Å². The number of benzene rings is 2. The van der Waals surface area contributed by atoms with Gasteiger partial charge in [-0.15, -0.1) is 0 Å². The molecule has 17 heavy (non-hydrogen) atoms. The predicted octanol–water partition coefficient (Wildman–Crippen LogP) is 3.20. The molecule has 0 saturated heterocycles. The maximum Gasteiger partial charge on any atom is 0.123 e. The van der Waals surface area contributed by atoms with E-state index in [0.717, 1.165) is 23.1 Å². The summed E-state index contributed by atoms with van der Waals surface area (Å²) >= 11 is 0. The summed E-state index contributed by atoms with van der Waals surface area (Å²) in [5.74, 6) is 0.111. The molecule has 2 aromatic rings. The Kier molecular flexibility index (Phi) is 3.24. The van der Waals surface area contributed by atoms with Crippen molar-refractivity contribution in [3.63, 3.8) is 0 Å². The first-order valence-electron chi connectivity index (χ1n) is 5.75. The van der Waals surface area contributed by atoms with Crippen LogP contribution in [-0.4, -0.2) is 5.84 Å². The molecule has 2 nitrogen and oxygen atoms in total. The zero-order valence-electron chi connectivity index (χ0n) is 9.90. The van der Waals surface area contributed by atoms with Crippen LogP contribution in [0.15, 0.2) is 48.5 Å². The van der Waals surface area contributed by atoms with Crippen LogP contribution in [-0.2, 0) is 6.42 Å². The van der Waals surface area contributed by atoms with Gasteiger partial charge in [0.1, 0.15) is 5.84 Å². The van der Waals surface area contributed by atoms with Crippen LogP contribution in [0.5, 0.6) is 0 Å². The molecular formula is C15H16N2. The maximum absolute atomic E-state index is 7.58. The molecule has 0 saturated carbocycles. The zero-order valence-corrected chi connectivity index (χ0v) is 9.90. The number of amidine groups is 1. The lowest BCUT2D eigenvalue weighted by molar-refractivity contribution is 1.14. The maximum atomic E-state index is 7.58. The highest BCUT2D eigenvalue weighted by atomic mass is 14.7. The molecule has 0 aliphatic carbocycles. The summed E-state index contributed by atoms with van der Waals surface area (Å²) in [5, 5.41) is 7.58. The molecule has 0 aliphatic rings. The van der Waals surface area contributed by atoms with E-state index in [9.17, 15) is 0 Å². The number of nitrogens with two attached hydrogens (primary N) is 1. The van der Waals surface area contributed by atoms with E-state index in [0.29, 0.717) is 0 Å². The van der Waals surface area contributed by atoms with Crippen LogP contribution in [0.4, 0.5) is 0 Å². The molecule has 2 rings (SSSR count). The molecule has 3 N–H and O–H groups in total. The Bertz CT molecular complexity index is 527. The van der Waals surface area contributed by atoms with Crippen LogP contribution in [0.25, 0.3) is 11.1 Å². The van der Waals surface area contributed by atoms with Crippen molar-refractivity contribution in [1.82, 2.24) is 0 Å². The van der Waals surface area contributed by atoms with Crippen LogP contribution < -0.4 is 5.73 Å². The Morgan fingerprint density at radius 3 is 2.29 bits per heavy atom. The molecule has 0 aromatic heterocycles. The first kappa shape index (κ1) is 11.4. The largest absolute Gasteiger partial charge is 0.384 e. The van der Waals surface area contributed by atoms with Gasteiger partial charge in [-0.05, 0) is 23.1 Å². The second-order valence-electron chi connectivity index (χ2n) is 4.01. The smallest absolute Gasteiger partial charge is 0.123 e. The lowest BCUT2D eigenvalue weighted by Gasteiger charge is -2.08. The van der Waals surface area contributed by atoms with E-state index in [2.05, 4.69) is 31.2 Å². The monoisotopic (exact) mass is 224 g/mol. The quantitative estimate of drug-likeness (QED) is 0.610. The molecular weight excluding hydrogens is 208 g/mol. The topological polar surface area (TPSA) is 49.9 Å². The van der Waals surface area contributed by atoms with Gasteiger partial charge in [-0.3, -0.25) is 5.41 Å². The van der Waals surface area contributed by atoms with E-state index in [1.165, 1.54) is 5.56 Å². The molecule has 0 heterocycles. The Morgan fingerprint density at radius 2 is 1.71 bits per heavy atom. The minimum Gasteiger partial charge on any atom is -0.384 e. The van der Waals surface area contributed by atoms with Gasteiger partial charge in [0.05, 0.1) is 0 Å². The minimum atomic E-state index is 0.111. The molecule has 0 bridgehead atoms. The Hall–Kier alpha value is -2.09. The highest BCUT2D eigenvalue weighted by Crippen LogP contribution is 2.23. The zero-order chi connectivity index (χ0) is 12.3. The van der Waals surface area contributed by atoms with E-state index in [1.54, 1.807) is 0 Å². The van der Waals surface area contributed by atoms with Gasteiger partial charge in [0.25, 0.3) is 0 Å². The first-order valence-corrected chi connectivity index (χ1v) is 5.75. The summed E-state index contributed by atoms with van der Waals surface area (Å²) in [4.78, 5) is 0. The van der Waals surface area contributed by atoms with E-state index in [-0.39, 0.29) is 5.84 Å². The van der Waals surface area contributed by atoms with Crippen molar-refractivity contribution in [2.24, 2.45) is 5.73 Å². The Balaban J connectivity index is 2.48. The number of nitrogens with one attached hydrogen (secondary N) is 1. The van der Waals surface area contributed by atoms with Crippen molar-refractivity contribution in [3.05, 3.63) is 59.7 Å². The molecule has 0 spiro atoms. The van der Waals surface area contributed by atoms with Gasteiger partial charge >= 0.3 is 0 Å². The van der Waals surface area contributed by atoms with Gasteiger partial charge in [-0.25, -0.2) is 0 Å². The molecule has 0 radical (unpaired) electrons. The van der Waals surface area contributed by atoms with Gasteiger partial charge in [0.2, 0.25) is 0 Å². The second-order valence-corrected chi connectivity index (χ2v) is 4.01. The third-order valence-electron chi connectivity index (χ3n) is 2.89. The Labute approximate surface area is 102 Å². The van der Waals surface area contributed by atoms with Crippen molar-refractivity contribution >= 4 is 5.84 Å². The van der Waals surface area contributed by atoms with Crippen molar-refractivity contribution < 1.29 is 0 Å². The number of hydrogen-bond acceptors (Lipinski definition) is 1.